The topological polar surface area (TPSA) is 50.4 Å². The molecule has 0 unspecified atom stereocenters. The van der Waals surface area contributed by atoms with Gasteiger partial charge in [0.25, 0.3) is 5.91 Å². The first-order valence-corrected chi connectivity index (χ1v) is 8.47. The molecule has 0 aliphatic carbocycles. The van der Waals surface area contributed by atoms with Crippen LogP contribution in [0.15, 0.2) is 54.6 Å². The Labute approximate surface area is 144 Å². The van der Waals surface area contributed by atoms with Crippen molar-refractivity contribution in [2.24, 2.45) is 0 Å². The molecule has 0 radical (unpaired) electrons. The highest BCUT2D eigenvalue weighted by Crippen LogP contribution is 2.17. The summed E-state index contributed by atoms with van der Waals surface area (Å²) in [4.78, 5) is 11.8. The zero-order valence-electron chi connectivity index (χ0n) is 14.3. The summed E-state index contributed by atoms with van der Waals surface area (Å²) in [5.74, 6) is 0.812. The summed E-state index contributed by atoms with van der Waals surface area (Å²) < 4.78 is 5.27. The van der Waals surface area contributed by atoms with Crippen LogP contribution in [0.1, 0.15) is 28.8 Å². The molecule has 0 bridgehead atoms. The van der Waals surface area contributed by atoms with Crippen molar-refractivity contribution in [2.45, 2.75) is 19.3 Å². The van der Waals surface area contributed by atoms with Gasteiger partial charge < -0.3 is 15.4 Å². The van der Waals surface area contributed by atoms with Crippen molar-refractivity contribution in [3.63, 3.8) is 0 Å². The maximum atomic E-state index is 11.8. The molecule has 4 nitrogen and oxygen atoms in total. The zero-order valence-corrected chi connectivity index (χ0v) is 14.3. The van der Waals surface area contributed by atoms with Gasteiger partial charge in [-0.3, -0.25) is 4.79 Å². The largest absolute Gasteiger partial charge is 0.496 e. The van der Waals surface area contributed by atoms with Crippen LogP contribution < -0.4 is 15.4 Å². The van der Waals surface area contributed by atoms with Gasteiger partial charge in [-0.1, -0.05) is 36.4 Å². The van der Waals surface area contributed by atoms with E-state index in [0.29, 0.717) is 12.1 Å². The average molecular weight is 326 g/mol. The second-order valence-electron chi connectivity index (χ2n) is 5.64. The van der Waals surface area contributed by atoms with Gasteiger partial charge in [-0.2, -0.15) is 0 Å². The van der Waals surface area contributed by atoms with E-state index in [1.165, 1.54) is 25.9 Å². The number of methoxy groups -OCH3 is 1. The normalized spacial score (nSPS) is 12.9. The number of ether oxygens (including phenoxy) is 1. The zero-order chi connectivity index (χ0) is 17.0. The lowest BCUT2D eigenvalue weighted by atomic mass is 10.1. The minimum absolute atomic E-state index is 0.0458. The Balaban J connectivity index is 0.000000355. The van der Waals surface area contributed by atoms with E-state index >= 15 is 0 Å². The Morgan fingerprint density at radius 1 is 1.04 bits per heavy atom. The first kappa shape index (κ1) is 18.0. The molecule has 2 N–H and O–H groups in total. The minimum atomic E-state index is -0.0458. The van der Waals surface area contributed by atoms with Crippen LogP contribution in [0.4, 0.5) is 0 Å². The van der Waals surface area contributed by atoms with Gasteiger partial charge in [0.15, 0.2) is 0 Å². The summed E-state index contributed by atoms with van der Waals surface area (Å²) >= 11 is 0. The van der Waals surface area contributed by atoms with E-state index in [-0.39, 0.29) is 5.91 Å². The van der Waals surface area contributed by atoms with E-state index in [0.717, 1.165) is 17.7 Å². The van der Waals surface area contributed by atoms with Crippen molar-refractivity contribution in [3.8, 4) is 5.75 Å². The van der Waals surface area contributed by atoms with E-state index in [2.05, 4.69) is 10.6 Å². The van der Waals surface area contributed by atoms with E-state index < -0.39 is 0 Å². The van der Waals surface area contributed by atoms with Crippen molar-refractivity contribution in [2.75, 3.05) is 26.7 Å². The van der Waals surface area contributed by atoms with E-state index in [9.17, 15) is 4.79 Å². The Morgan fingerprint density at radius 2 is 1.71 bits per heavy atom. The summed E-state index contributed by atoms with van der Waals surface area (Å²) in [6.45, 7) is 3.09. The molecule has 128 valence electrons. The lowest BCUT2D eigenvalue weighted by Gasteiger charge is -2.09. The number of benzene rings is 2. The van der Waals surface area contributed by atoms with Crippen molar-refractivity contribution in [3.05, 3.63) is 65.7 Å². The Hall–Kier alpha value is -2.33. The van der Waals surface area contributed by atoms with Gasteiger partial charge in [0.1, 0.15) is 5.75 Å². The number of amides is 1. The number of carbonyl (C=O) groups is 1. The van der Waals surface area contributed by atoms with Crippen molar-refractivity contribution >= 4 is 5.91 Å². The monoisotopic (exact) mass is 326 g/mol. The van der Waals surface area contributed by atoms with Gasteiger partial charge in [0.2, 0.25) is 0 Å². The highest BCUT2D eigenvalue weighted by molar-refractivity contribution is 5.94. The summed E-state index contributed by atoms with van der Waals surface area (Å²) in [5.41, 5.74) is 1.78. The quantitative estimate of drug-likeness (QED) is 0.888. The fourth-order valence-electron chi connectivity index (χ4n) is 2.54. The first-order valence-electron chi connectivity index (χ1n) is 8.47. The number of para-hydroxylation sites is 1. The van der Waals surface area contributed by atoms with E-state index in [1.54, 1.807) is 19.2 Å². The molecule has 0 atom stereocenters. The molecule has 1 amide bonds. The molecule has 2 aromatic carbocycles. The second-order valence-corrected chi connectivity index (χ2v) is 5.64. The van der Waals surface area contributed by atoms with Crippen LogP contribution in [0.25, 0.3) is 0 Å². The predicted molar refractivity (Wildman–Crippen MR) is 97.6 cm³/mol. The molecule has 4 heteroatoms. The lowest BCUT2D eigenvalue weighted by molar-refractivity contribution is 0.0954. The summed E-state index contributed by atoms with van der Waals surface area (Å²) in [7, 11) is 1.65. The molecule has 0 aromatic heterocycles. The number of hydrogen-bond donors (Lipinski definition) is 2. The van der Waals surface area contributed by atoms with Gasteiger partial charge in [0, 0.05) is 12.1 Å². The Kier molecular flexibility index (Phi) is 7.84. The molecule has 2 aromatic rings. The molecule has 1 heterocycles. The second kappa shape index (κ2) is 10.4. The van der Waals surface area contributed by atoms with Crippen LogP contribution in [-0.4, -0.2) is 32.7 Å². The highest BCUT2D eigenvalue weighted by Gasteiger charge is 2.05. The van der Waals surface area contributed by atoms with Crippen molar-refractivity contribution < 1.29 is 9.53 Å². The number of rotatable bonds is 5. The third kappa shape index (κ3) is 6.05. The smallest absolute Gasteiger partial charge is 0.251 e. The molecule has 1 saturated heterocycles. The SMILES string of the molecule is C1CCNC1.COc1ccccc1CCNC(=O)c1ccccc1. The van der Waals surface area contributed by atoms with Crippen LogP contribution in [0.2, 0.25) is 0 Å². The molecule has 24 heavy (non-hydrogen) atoms. The summed E-state index contributed by atoms with van der Waals surface area (Å²) in [6.07, 6.45) is 3.53. The third-order valence-electron chi connectivity index (χ3n) is 3.87. The van der Waals surface area contributed by atoms with E-state index in [1.807, 2.05) is 42.5 Å². The Bertz CT molecular complexity index is 602. The molecule has 0 spiro atoms. The standard InChI is InChI=1S/C16H17NO2.C4H9N/c1-19-15-10-6-5-7-13(15)11-12-17-16(18)14-8-3-2-4-9-14;1-2-4-5-3-1/h2-10H,11-12H2,1H3,(H,17,18);5H,1-4H2. The third-order valence-corrected chi connectivity index (χ3v) is 3.87. The minimum Gasteiger partial charge on any atom is -0.496 e. The molecule has 0 saturated carbocycles. The van der Waals surface area contributed by atoms with Crippen LogP contribution in [0.5, 0.6) is 5.75 Å². The summed E-state index contributed by atoms with van der Waals surface area (Å²) in [5, 5.41) is 6.13. The molecular formula is C20H26N2O2. The maximum absolute atomic E-state index is 11.8. The summed E-state index contributed by atoms with van der Waals surface area (Å²) in [6, 6.07) is 17.1. The van der Waals surface area contributed by atoms with Crippen molar-refractivity contribution in [1.29, 1.82) is 0 Å². The molecule has 3 rings (SSSR count). The number of nitrogens with one attached hydrogen (secondary N) is 2. The maximum Gasteiger partial charge on any atom is 0.251 e. The van der Waals surface area contributed by atoms with Crippen LogP contribution >= 0.6 is 0 Å². The predicted octanol–water partition coefficient (Wildman–Crippen LogP) is 3.04. The van der Waals surface area contributed by atoms with Crippen LogP contribution in [0, 0.1) is 0 Å². The first-order chi connectivity index (χ1) is 11.8. The van der Waals surface area contributed by atoms with Crippen molar-refractivity contribution in [1.82, 2.24) is 10.6 Å². The number of carbonyl (C=O) groups excluding carboxylic acids is 1. The van der Waals surface area contributed by atoms with Gasteiger partial charge in [-0.25, -0.2) is 0 Å². The average Bonchev–Trinajstić information content (AvgIpc) is 3.23. The highest BCUT2D eigenvalue weighted by atomic mass is 16.5. The van der Waals surface area contributed by atoms with Crippen LogP contribution in [0.3, 0.4) is 0 Å². The fraction of sp³-hybridized carbons (Fsp3) is 0.350. The van der Waals surface area contributed by atoms with Gasteiger partial charge in [0.05, 0.1) is 7.11 Å². The molecule has 1 aliphatic rings. The van der Waals surface area contributed by atoms with Gasteiger partial charge in [-0.15, -0.1) is 0 Å². The van der Waals surface area contributed by atoms with Crippen LogP contribution in [-0.2, 0) is 6.42 Å². The lowest BCUT2D eigenvalue weighted by Crippen LogP contribution is -2.25. The fourth-order valence-corrected chi connectivity index (χ4v) is 2.54. The number of hydrogen-bond acceptors (Lipinski definition) is 3. The van der Waals surface area contributed by atoms with E-state index in [4.69, 9.17) is 4.74 Å². The molecule has 1 fully saturated rings. The van der Waals surface area contributed by atoms with Gasteiger partial charge in [-0.05, 0) is 56.1 Å². The van der Waals surface area contributed by atoms with Gasteiger partial charge >= 0.3 is 0 Å². The molecular weight excluding hydrogens is 300 g/mol. The molecule has 1 aliphatic heterocycles. The Morgan fingerprint density at radius 3 is 2.33 bits per heavy atom.